The predicted molar refractivity (Wildman–Crippen MR) is 66.2 cm³/mol. The molecule has 78 valence electrons. The second-order valence-corrected chi connectivity index (χ2v) is 5.31. The van der Waals surface area contributed by atoms with Crippen molar-refractivity contribution in [1.29, 1.82) is 0 Å². The van der Waals surface area contributed by atoms with E-state index in [0.29, 0.717) is 0 Å². The number of rotatable bonds is 6. The summed E-state index contributed by atoms with van der Waals surface area (Å²) in [4.78, 5) is 13.6. The molecule has 0 bridgehead atoms. The van der Waals surface area contributed by atoms with Gasteiger partial charge in [-0.05, 0) is 17.4 Å². The number of hydrogen-bond acceptors (Lipinski definition) is 3. The third kappa shape index (κ3) is 4.77. The monoisotopic (exact) mass is 229 g/mol. The third-order valence-electron chi connectivity index (χ3n) is 1.68. The van der Waals surface area contributed by atoms with Gasteiger partial charge < -0.3 is 4.98 Å². The Morgan fingerprint density at radius 1 is 1.36 bits per heavy atom. The number of aromatic nitrogens is 1. The zero-order valence-corrected chi connectivity index (χ0v) is 9.92. The normalized spacial score (nSPS) is 10.4. The van der Waals surface area contributed by atoms with Crippen molar-refractivity contribution in [2.75, 3.05) is 17.3 Å². The van der Waals surface area contributed by atoms with Gasteiger partial charge in [0.05, 0.1) is 0 Å². The van der Waals surface area contributed by atoms with Crippen LogP contribution in [0.1, 0.15) is 12.5 Å². The number of thioether (sulfide) groups is 2. The van der Waals surface area contributed by atoms with Crippen LogP contribution in [0.3, 0.4) is 0 Å². The van der Waals surface area contributed by atoms with E-state index in [1.54, 1.807) is 12.3 Å². The lowest BCUT2D eigenvalue weighted by atomic mass is 10.3. The van der Waals surface area contributed by atoms with Crippen LogP contribution < -0.4 is 5.56 Å². The molecule has 0 aliphatic rings. The lowest BCUT2D eigenvalue weighted by Crippen LogP contribution is -2.03. The van der Waals surface area contributed by atoms with E-state index in [1.807, 2.05) is 29.6 Å². The highest BCUT2D eigenvalue weighted by Crippen LogP contribution is 2.12. The van der Waals surface area contributed by atoms with Gasteiger partial charge in [0, 0.05) is 29.5 Å². The zero-order chi connectivity index (χ0) is 10.2. The first kappa shape index (κ1) is 11.7. The Labute approximate surface area is 92.9 Å². The van der Waals surface area contributed by atoms with E-state index >= 15 is 0 Å². The number of aromatic amines is 1. The second kappa shape index (κ2) is 7.01. The summed E-state index contributed by atoms with van der Waals surface area (Å²) in [6, 6.07) is 3.63. The lowest BCUT2D eigenvalue weighted by molar-refractivity contribution is 1.20. The third-order valence-corrected chi connectivity index (χ3v) is 3.87. The molecule has 0 saturated heterocycles. The molecule has 1 aromatic rings. The average molecular weight is 229 g/mol. The molecule has 0 saturated carbocycles. The molecule has 0 spiro atoms. The summed E-state index contributed by atoms with van der Waals surface area (Å²) in [7, 11) is 0. The van der Waals surface area contributed by atoms with Crippen LogP contribution in [-0.4, -0.2) is 22.2 Å². The summed E-state index contributed by atoms with van der Waals surface area (Å²) in [6.45, 7) is 2.17. The van der Waals surface area contributed by atoms with Gasteiger partial charge in [-0.25, -0.2) is 0 Å². The van der Waals surface area contributed by atoms with Crippen molar-refractivity contribution in [3.05, 3.63) is 34.2 Å². The van der Waals surface area contributed by atoms with Gasteiger partial charge >= 0.3 is 0 Å². The number of pyridine rings is 1. The minimum absolute atomic E-state index is 0.00830. The Balaban J connectivity index is 2.21. The van der Waals surface area contributed by atoms with Crippen molar-refractivity contribution < 1.29 is 0 Å². The van der Waals surface area contributed by atoms with E-state index in [-0.39, 0.29) is 5.56 Å². The maximum atomic E-state index is 11.0. The molecular weight excluding hydrogens is 214 g/mol. The maximum absolute atomic E-state index is 11.0. The van der Waals surface area contributed by atoms with Crippen molar-refractivity contribution in [3.8, 4) is 0 Å². The molecule has 0 aliphatic heterocycles. The largest absolute Gasteiger partial charge is 0.329 e. The van der Waals surface area contributed by atoms with Gasteiger partial charge in [-0.15, -0.1) is 0 Å². The van der Waals surface area contributed by atoms with E-state index < -0.39 is 0 Å². The molecular formula is C10H15NOS2. The quantitative estimate of drug-likeness (QED) is 0.760. The fourth-order valence-electron chi connectivity index (χ4n) is 1.03. The molecule has 14 heavy (non-hydrogen) atoms. The van der Waals surface area contributed by atoms with Crippen LogP contribution in [0.5, 0.6) is 0 Å². The fraction of sp³-hybridized carbons (Fsp3) is 0.500. The van der Waals surface area contributed by atoms with E-state index in [0.717, 1.165) is 17.1 Å². The van der Waals surface area contributed by atoms with Crippen LogP contribution in [-0.2, 0) is 5.75 Å². The SMILES string of the molecule is CCSCCSCc1cc[nH]c(=O)c1. The highest BCUT2D eigenvalue weighted by atomic mass is 32.2. The van der Waals surface area contributed by atoms with Crippen LogP contribution >= 0.6 is 23.5 Å². The first-order valence-electron chi connectivity index (χ1n) is 4.66. The molecule has 2 nitrogen and oxygen atoms in total. The van der Waals surface area contributed by atoms with Crippen LogP contribution in [0.25, 0.3) is 0 Å². The fourth-order valence-corrected chi connectivity index (χ4v) is 2.82. The molecule has 0 radical (unpaired) electrons. The number of hydrogen-bond donors (Lipinski definition) is 1. The van der Waals surface area contributed by atoms with Crippen molar-refractivity contribution >= 4 is 23.5 Å². The summed E-state index contributed by atoms with van der Waals surface area (Å²) >= 11 is 3.84. The minimum Gasteiger partial charge on any atom is -0.329 e. The summed E-state index contributed by atoms with van der Waals surface area (Å²) in [6.07, 6.45) is 1.71. The van der Waals surface area contributed by atoms with Crippen LogP contribution in [0.2, 0.25) is 0 Å². The van der Waals surface area contributed by atoms with E-state index in [2.05, 4.69) is 11.9 Å². The van der Waals surface area contributed by atoms with Crippen LogP contribution in [0.4, 0.5) is 0 Å². The minimum atomic E-state index is -0.00830. The molecule has 0 amide bonds. The molecule has 1 N–H and O–H groups in total. The van der Waals surface area contributed by atoms with Gasteiger partial charge in [-0.2, -0.15) is 23.5 Å². The van der Waals surface area contributed by atoms with Crippen molar-refractivity contribution in [1.82, 2.24) is 4.98 Å². The second-order valence-electron chi connectivity index (χ2n) is 2.81. The number of nitrogens with one attached hydrogen (secondary N) is 1. The Bertz CT molecular complexity index is 311. The van der Waals surface area contributed by atoms with Gasteiger partial charge in [0.25, 0.3) is 0 Å². The summed E-state index contributed by atoms with van der Waals surface area (Å²) in [5.41, 5.74) is 1.10. The first-order valence-corrected chi connectivity index (χ1v) is 6.97. The molecule has 1 aromatic heterocycles. The predicted octanol–water partition coefficient (Wildman–Crippen LogP) is 2.36. The average Bonchev–Trinajstić information content (AvgIpc) is 2.18. The van der Waals surface area contributed by atoms with Crippen LogP contribution in [0, 0.1) is 0 Å². The number of H-pyrrole nitrogens is 1. The maximum Gasteiger partial charge on any atom is 0.248 e. The van der Waals surface area contributed by atoms with E-state index in [1.165, 1.54) is 11.5 Å². The van der Waals surface area contributed by atoms with Gasteiger partial charge in [0.2, 0.25) is 5.56 Å². The lowest BCUT2D eigenvalue weighted by Gasteiger charge is -2.00. The van der Waals surface area contributed by atoms with Crippen LogP contribution in [0.15, 0.2) is 23.1 Å². The standard InChI is InChI=1S/C10H15NOS2/c1-2-13-5-6-14-8-9-3-4-11-10(12)7-9/h3-4,7H,2,5-6,8H2,1H3,(H,11,12). The Morgan fingerprint density at radius 3 is 2.86 bits per heavy atom. The molecule has 4 heteroatoms. The molecule has 1 heterocycles. The van der Waals surface area contributed by atoms with Crippen molar-refractivity contribution in [3.63, 3.8) is 0 Å². The molecule has 0 aliphatic carbocycles. The molecule has 1 rings (SSSR count). The summed E-state index contributed by atoms with van der Waals surface area (Å²) in [5, 5.41) is 0. The smallest absolute Gasteiger partial charge is 0.248 e. The molecule has 0 aromatic carbocycles. The van der Waals surface area contributed by atoms with Gasteiger partial charge in [0.15, 0.2) is 0 Å². The van der Waals surface area contributed by atoms with Gasteiger partial charge in [-0.1, -0.05) is 6.92 Å². The topological polar surface area (TPSA) is 32.9 Å². The Morgan fingerprint density at radius 2 is 2.14 bits per heavy atom. The highest BCUT2D eigenvalue weighted by molar-refractivity contribution is 8.02. The van der Waals surface area contributed by atoms with Gasteiger partial charge in [-0.3, -0.25) is 4.79 Å². The summed E-state index contributed by atoms with van der Waals surface area (Å²) < 4.78 is 0. The van der Waals surface area contributed by atoms with E-state index in [4.69, 9.17) is 0 Å². The van der Waals surface area contributed by atoms with Gasteiger partial charge in [0.1, 0.15) is 0 Å². The summed E-state index contributed by atoms with van der Waals surface area (Å²) in [5.74, 6) is 4.48. The Hall–Kier alpha value is -0.350. The molecule has 0 atom stereocenters. The zero-order valence-electron chi connectivity index (χ0n) is 8.29. The molecule has 0 unspecified atom stereocenters. The first-order chi connectivity index (χ1) is 6.83. The highest BCUT2D eigenvalue weighted by Gasteiger charge is 1.94. The van der Waals surface area contributed by atoms with Crippen molar-refractivity contribution in [2.24, 2.45) is 0 Å². The van der Waals surface area contributed by atoms with E-state index in [9.17, 15) is 4.79 Å². The van der Waals surface area contributed by atoms with Crippen molar-refractivity contribution in [2.45, 2.75) is 12.7 Å². The molecule has 0 fully saturated rings. The Kier molecular flexibility index (Phi) is 5.87.